The Labute approximate surface area is 133 Å². The van der Waals surface area contributed by atoms with Crippen LogP contribution in [0.25, 0.3) is 0 Å². The van der Waals surface area contributed by atoms with E-state index in [-0.39, 0.29) is 17.1 Å². The fourth-order valence-electron chi connectivity index (χ4n) is 1.76. The van der Waals surface area contributed by atoms with Crippen molar-refractivity contribution in [2.45, 2.75) is 25.9 Å². The van der Waals surface area contributed by atoms with E-state index >= 15 is 0 Å². The van der Waals surface area contributed by atoms with Crippen molar-refractivity contribution in [2.75, 3.05) is 17.6 Å². The molecule has 0 amide bonds. The monoisotopic (exact) mass is 392 g/mol. The molecule has 0 aliphatic carbocycles. The van der Waals surface area contributed by atoms with Crippen LogP contribution < -0.4 is 0 Å². The van der Waals surface area contributed by atoms with E-state index in [2.05, 4.69) is 29.2 Å². The van der Waals surface area contributed by atoms with Gasteiger partial charge in [0.15, 0.2) is 11.5 Å². The minimum atomic E-state index is -0.377. The fourth-order valence-corrected chi connectivity index (χ4v) is 1.98. The molecule has 0 radical (unpaired) electrons. The highest BCUT2D eigenvalue weighted by Gasteiger charge is 2.19. The first kappa shape index (κ1) is 17.1. The van der Waals surface area contributed by atoms with Gasteiger partial charge in [-0.2, -0.15) is 0 Å². The second kappa shape index (κ2) is 7.73. The maximum atomic E-state index is 9.48. The number of phenolic OH excluding ortho intramolecular Hbond substituents is 2. The Bertz CT molecular complexity index is 457. The van der Waals surface area contributed by atoms with Crippen LogP contribution in [-0.4, -0.2) is 33.5 Å². The highest BCUT2D eigenvalue weighted by atomic mass is 127. The zero-order valence-corrected chi connectivity index (χ0v) is 14.0. The van der Waals surface area contributed by atoms with E-state index < -0.39 is 0 Å². The SMILES string of the molecule is C=C(CI)OCCOC(C)(C)Cc1ccc(O)c(O)c1. The van der Waals surface area contributed by atoms with E-state index in [9.17, 15) is 10.2 Å². The van der Waals surface area contributed by atoms with Gasteiger partial charge in [0.25, 0.3) is 0 Å². The lowest BCUT2D eigenvalue weighted by atomic mass is 9.98. The van der Waals surface area contributed by atoms with Gasteiger partial charge in [0.05, 0.1) is 22.4 Å². The van der Waals surface area contributed by atoms with Crippen LogP contribution in [0.15, 0.2) is 30.5 Å². The van der Waals surface area contributed by atoms with Crippen LogP contribution in [0.4, 0.5) is 0 Å². The summed E-state index contributed by atoms with van der Waals surface area (Å²) in [5.41, 5.74) is 0.529. The van der Waals surface area contributed by atoms with Gasteiger partial charge in [-0.15, -0.1) is 0 Å². The number of hydrogen-bond acceptors (Lipinski definition) is 4. The van der Waals surface area contributed by atoms with Crippen LogP contribution in [-0.2, 0) is 15.9 Å². The summed E-state index contributed by atoms with van der Waals surface area (Å²) in [4.78, 5) is 0. The van der Waals surface area contributed by atoms with E-state index in [1.54, 1.807) is 12.1 Å². The average Bonchev–Trinajstić information content (AvgIpc) is 2.38. The number of rotatable bonds is 8. The Morgan fingerprint density at radius 3 is 2.55 bits per heavy atom. The predicted octanol–water partition coefficient (Wildman–Crippen LogP) is 3.40. The molecule has 4 nitrogen and oxygen atoms in total. The summed E-state index contributed by atoms with van der Waals surface area (Å²) in [6.07, 6.45) is 0.633. The molecule has 0 aromatic heterocycles. The molecule has 0 atom stereocenters. The molecule has 0 bridgehead atoms. The lowest BCUT2D eigenvalue weighted by Gasteiger charge is -2.25. The summed E-state index contributed by atoms with van der Waals surface area (Å²) >= 11 is 2.19. The molecule has 0 saturated carbocycles. The molecule has 0 heterocycles. The van der Waals surface area contributed by atoms with Crippen molar-refractivity contribution in [2.24, 2.45) is 0 Å². The highest BCUT2D eigenvalue weighted by molar-refractivity contribution is 14.1. The van der Waals surface area contributed by atoms with Gasteiger partial charge in [-0.3, -0.25) is 0 Å². The number of hydrogen-bond donors (Lipinski definition) is 2. The summed E-state index contributed by atoms with van der Waals surface area (Å²) in [6, 6.07) is 4.80. The lowest BCUT2D eigenvalue weighted by molar-refractivity contribution is -0.0364. The van der Waals surface area contributed by atoms with Crippen LogP contribution in [0.5, 0.6) is 11.5 Å². The zero-order valence-electron chi connectivity index (χ0n) is 11.9. The molecule has 0 saturated heterocycles. The van der Waals surface area contributed by atoms with Crippen molar-refractivity contribution < 1.29 is 19.7 Å². The molecule has 1 aromatic carbocycles. The van der Waals surface area contributed by atoms with Crippen LogP contribution in [0.3, 0.4) is 0 Å². The van der Waals surface area contributed by atoms with Gasteiger partial charge < -0.3 is 19.7 Å². The van der Waals surface area contributed by atoms with Gasteiger partial charge in [0.2, 0.25) is 0 Å². The number of allylic oxidation sites excluding steroid dienone is 1. The molecule has 1 rings (SSSR count). The minimum Gasteiger partial charge on any atom is -0.504 e. The third-order valence-corrected chi connectivity index (χ3v) is 3.55. The lowest BCUT2D eigenvalue weighted by Crippen LogP contribution is -2.29. The molecule has 112 valence electrons. The third kappa shape index (κ3) is 6.00. The molecular formula is C15H21IO4. The van der Waals surface area contributed by atoms with E-state index in [4.69, 9.17) is 9.47 Å². The number of aromatic hydroxyl groups is 2. The van der Waals surface area contributed by atoms with Crippen LogP contribution in [0.1, 0.15) is 19.4 Å². The molecule has 0 aliphatic rings. The number of phenols is 2. The van der Waals surface area contributed by atoms with Gasteiger partial charge >= 0.3 is 0 Å². The Morgan fingerprint density at radius 1 is 1.25 bits per heavy atom. The smallest absolute Gasteiger partial charge is 0.157 e. The van der Waals surface area contributed by atoms with Gasteiger partial charge in [0.1, 0.15) is 6.61 Å². The molecule has 0 unspecified atom stereocenters. The molecule has 2 N–H and O–H groups in total. The molecule has 5 heteroatoms. The number of alkyl halides is 1. The van der Waals surface area contributed by atoms with Crippen molar-refractivity contribution in [3.8, 4) is 11.5 Å². The summed E-state index contributed by atoms with van der Waals surface area (Å²) in [6.45, 7) is 8.67. The molecule has 20 heavy (non-hydrogen) atoms. The quantitative estimate of drug-likeness (QED) is 0.234. The van der Waals surface area contributed by atoms with E-state index in [0.29, 0.717) is 19.6 Å². The zero-order chi connectivity index (χ0) is 15.2. The molecular weight excluding hydrogens is 371 g/mol. The van der Waals surface area contributed by atoms with E-state index in [1.165, 1.54) is 6.07 Å². The Kier molecular flexibility index (Phi) is 6.61. The number of benzene rings is 1. The van der Waals surface area contributed by atoms with Crippen molar-refractivity contribution in [1.82, 2.24) is 0 Å². The number of ether oxygens (including phenoxy) is 2. The summed E-state index contributed by atoms with van der Waals surface area (Å²) in [7, 11) is 0. The van der Waals surface area contributed by atoms with Gasteiger partial charge in [0, 0.05) is 6.42 Å². The largest absolute Gasteiger partial charge is 0.504 e. The van der Waals surface area contributed by atoms with Crippen LogP contribution in [0.2, 0.25) is 0 Å². The van der Waals surface area contributed by atoms with Gasteiger partial charge in [-0.05, 0) is 31.5 Å². The van der Waals surface area contributed by atoms with Crippen molar-refractivity contribution in [3.63, 3.8) is 0 Å². The first-order chi connectivity index (χ1) is 9.34. The molecule has 0 spiro atoms. The summed E-state index contributed by atoms with van der Waals surface area (Å²) in [5.74, 6) is 0.522. The minimum absolute atomic E-state index is 0.111. The highest BCUT2D eigenvalue weighted by Crippen LogP contribution is 2.27. The second-order valence-electron chi connectivity index (χ2n) is 5.13. The molecule has 0 fully saturated rings. The summed E-state index contributed by atoms with van der Waals surface area (Å²) < 4.78 is 11.9. The maximum Gasteiger partial charge on any atom is 0.157 e. The average molecular weight is 392 g/mol. The molecule has 1 aromatic rings. The van der Waals surface area contributed by atoms with Gasteiger partial charge in [-0.1, -0.05) is 35.2 Å². The van der Waals surface area contributed by atoms with E-state index in [0.717, 1.165) is 15.8 Å². The maximum absolute atomic E-state index is 9.48. The first-order valence-corrected chi connectivity index (χ1v) is 7.88. The third-order valence-electron chi connectivity index (χ3n) is 2.70. The first-order valence-electron chi connectivity index (χ1n) is 6.35. The predicted molar refractivity (Wildman–Crippen MR) is 87.5 cm³/mol. The normalized spacial score (nSPS) is 11.3. The Balaban J connectivity index is 2.44. The van der Waals surface area contributed by atoms with Crippen molar-refractivity contribution in [1.29, 1.82) is 0 Å². The second-order valence-corrected chi connectivity index (χ2v) is 5.89. The Hall–Kier alpha value is -0.950. The van der Waals surface area contributed by atoms with E-state index in [1.807, 2.05) is 13.8 Å². The fraction of sp³-hybridized carbons (Fsp3) is 0.467. The number of halogens is 1. The van der Waals surface area contributed by atoms with Crippen molar-refractivity contribution >= 4 is 22.6 Å². The Morgan fingerprint density at radius 2 is 1.95 bits per heavy atom. The van der Waals surface area contributed by atoms with Crippen molar-refractivity contribution in [3.05, 3.63) is 36.1 Å². The van der Waals surface area contributed by atoms with Crippen LogP contribution in [0, 0.1) is 0 Å². The van der Waals surface area contributed by atoms with Crippen LogP contribution >= 0.6 is 22.6 Å². The summed E-state index contributed by atoms with van der Waals surface area (Å²) in [5, 5.41) is 18.8. The topological polar surface area (TPSA) is 58.9 Å². The molecule has 0 aliphatic heterocycles. The standard InChI is InChI=1S/C15H21IO4/c1-11(10-16)19-6-7-20-15(2,3)9-12-4-5-13(17)14(18)8-12/h4-5,8,17-18H,1,6-7,9-10H2,2-3H3. The van der Waals surface area contributed by atoms with Gasteiger partial charge in [-0.25, -0.2) is 0 Å².